The first-order valence-corrected chi connectivity index (χ1v) is 4.06. The van der Waals surface area contributed by atoms with Crippen LogP contribution in [0.3, 0.4) is 0 Å². The number of nitrogens with two attached hydrogens (primary N) is 1. The number of amides is 2. The van der Waals surface area contributed by atoms with Crippen molar-refractivity contribution in [3.05, 3.63) is 35.4 Å². The molecule has 80 valence electrons. The maximum absolute atomic E-state index is 12.1. The van der Waals surface area contributed by atoms with Gasteiger partial charge in [0.15, 0.2) is 0 Å². The largest absolute Gasteiger partial charge is 0.350 e. The van der Waals surface area contributed by atoms with Crippen molar-refractivity contribution in [3.8, 4) is 0 Å². The molecule has 0 aliphatic heterocycles. The van der Waals surface area contributed by atoms with Crippen LogP contribution < -0.4 is 11.2 Å². The molecule has 0 heterocycles. The summed E-state index contributed by atoms with van der Waals surface area (Å²) < 4.78 is 24.3. The normalized spacial score (nSPS) is 10.9. The first-order chi connectivity index (χ1) is 7.09. The lowest BCUT2D eigenvalue weighted by Crippen LogP contribution is -2.24. The molecule has 1 aromatic rings. The third-order valence-corrected chi connectivity index (χ3v) is 1.58. The minimum atomic E-state index is -2.49. The van der Waals surface area contributed by atoms with Crippen molar-refractivity contribution in [1.82, 2.24) is 5.43 Å². The Balaban J connectivity index is 2.64. The molecule has 4 nitrogen and oxygen atoms in total. The fourth-order valence-corrected chi connectivity index (χ4v) is 0.898. The molecular weight excluding hydrogens is 204 g/mol. The Morgan fingerprint density at radius 3 is 2.47 bits per heavy atom. The number of hydrogen-bond donors (Lipinski definition) is 2. The highest BCUT2D eigenvalue weighted by molar-refractivity contribution is 5.81. The number of halogens is 2. The second kappa shape index (κ2) is 5.04. The van der Waals surface area contributed by atoms with E-state index < -0.39 is 12.5 Å². The second-order valence-corrected chi connectivity index (χ2v) is 2.70. The smallest absolute Gasteiger partial charge is 0.332 e. The molecule has 0 aliphatic rings. The summed E-state index contributed by atoms with van der Waals surface area (Å²) in [7, 11) is 0. The standard InChI is InChI=1S/C9H9F2N3O/c10-8(11)7-3-1-6(2-4-7)5-13-14-9(12)15/h1-5,8H,(H3,12,14,15). The molecule has 0 spiro atoms. The van der Waals surface area contributed by atoms with Gasteiger partial charge in [-0.2, -0.15) is 5.10 Å². The van der Waals surface area contributed by atoms with Gasteiger partial charge in [-0.05, 0) is 5.56 Å². The zero-order valence-corrected chi connectivity index (χ0v) is 7.65. The minimum absolute atomic E-state index is 0.0602. The topological polar surface area (TPSA) is 67.5 Å². The Bertz CT molecular complexity index is 362. The molecule has 0 atom stereocenters. The van der Waals surface area contributed by atoms with Crippen LogP contribution in [-0.4, -0.2) is 12.2 Å². The molecule has 0 unspecified atom stereocenters. The lowest BCUT2D eigenvalue weighted by molar-refractivity contribution is 0.151. The number of carbonyl (C=O) groups is 1. The van der Waals surface area contributed by atoms with Crippen molar-refractivity contribution in [3.63, 3.8) is 0 Å². The van der Waals surface area contributed by atoms with Gasteiger partial charge in [-0.15, -0.1) is 0 Å². The average molecular weight is 213 g/mol. The number of nitrogens with zero attached hydrogens (tertiary/aromatic N) is 1. The van der Waals surface area contributed by atoms with Crippen molar-refractivity contribution in [1.29, 1.82) is 0 Å². The summed E-state index contributed by atoms with van der Waals surface area (Å²) in [6, 6.07) is 4.73. The van der Waals surface area contributed by atoms with E-state index >= 15 is 0 Å². The molecule has 0 radical (unpaired) electrons. The van der Waals surface area contributed by atoms with E-state index in [4.69, 9.17) is 5.73 Å². The van der Waals surface area contributed by atoms with Crippen molar-refractivity contribution in [2.24, 2.45) is 10.8 Å². The number of urea groups is 1. The number of rotatable bonds is 3. The molecule has 3 N–H and O–H groups in total. The molecule has 0 fully saturated rings. The highest BCUT2D eigenvalue weighted by Crippen LogP contribution is 2.17. The Kier molecular flexibility index (Phi) is 3.73. The van der Waals surface area contributed by atoms with Crippen LogP contribution in [0.2, 0.25) is 0 Å². The fourth-order valence-electron chi connectivity index (χ4n) is 0.898. The number of alkyl halides is 2. The first kappa shape index (κ1) is 11.1. The number of primary amides is 1. The van der Waals surface area contributed by atoms with Crippen LogP contribution in [0, 0.1) is 0 Å². The molecular formula is C9H9F2N3O. The van der Waals surface area contributed by atoms with Gasteiger partial charge in [0.25, 0.3) is 6.43 Å². The van der Waals surface area contributed by atoms with Crippen LogP contribution in [0.5, 0.6) is 0 Å². The van der Waals surface area contributed by atoms with Gasteiger partial charge < -0.3 is 5.73 Å². The van der Waals surface area contributed by atoms with E-state index in [-0.39, 0.29) is 5.56 Å². The number of benzene rings is 1. The summed E-state index contributed by atoms with van der Waals surface area (Å²) in [5.74, 6) is 0. The van der Waals surface area contributed by atoms with Gasteiger partial charge >= 0.3 is 6.03 Å². The Hall–Kier alpha value is -1.98. The number of carbonyl (C=O) groups excluding carboxylic acids is 1. The molecule has 0 saturated carbocycles. The summed E-state index contributed by atoms with van der Waals surface area (Å²) in [6.07, 6.45) is -1.18. The van der Waals surface area contributed by atoms with Gasteiger partial charge in [0.1, 0.15) is 0 Å². The third-order valence-electron chi connectivity index (χ3n) is 1.58. The number of nitrogens with one attached hydrogen (secondary N) is 1. The zero-order valence-electron chi connectivity index (χ0n) is 7.65. The van der Waals surface area contributed by atoms with Gasteiger partial charge in [-0.25, -0.2) is 19.0 Å². The van der Waals surface area contributed by atoms with Crippen LogP contribution in [-0.2, 0) is 0 Å². The summed E-state index contributed by atoms with van der Waals surface area (Å²) >= 11 is 0. The molecule has 0 aliphatic carbocycles. The highest BCUT2D eigenvalue weighted by Gasteiger charge is 2.04. The second-order valence-electron chi connectivity index (χ2n) is 2.70. The summed E-state index contributed by atoms with van der Waals surface area (Å²) in [5.41, 5.74) is 7.28. The molecule has 0 bridgehead atoms. The van der Waals surface area contributed by atoms with Crippen molar-refractivity contribution >= 4 is 12.2 Å². The predicted molar refractivity (Wildman–Crippen MR) is 51.7 cm³/mol. The monoisotopic (exact) mass is 213 g/mol. The van der Waals surface area contributed by atoms with Crippen LogP contribution in [0.4, 0.5) is 13.6 Å². The van der Waals surface area contributed by atoms with E-state index in [1.807, 2.05) is 5.43 Å². The van der Waals surface area contributed by atoms with Gasteiger partial charge in [-0.3, -0.25) is 0 Å². The molecule has 0 saturated heterocycles. The van der Waals surface area contributed by atoms with Gasteiger partial charge in [0, 0.05) is 5.56 Å². The first-order valence-electron chi connectivity index (χ1n) is 4.06. The van der Waals surface area contributed by atoms with E-state index in [0.717, 1.165) is 0 Å². The molecule has 6 heteroatoms. The molecule has 2 amide bonds. The minimum Gasteiger partial charge on any atom is -0.350 e. The molecule has 1 rings (SSSR count). The summed E-state index contributed by atoms with van der Waals surface area (Å²) in [4.78, 5) is 10.2. The van der Waals surface area contributed by atoms with Crippen LogP contribution in [0.15, 0.2) is 29.4 Å². The SMILES string of the molecule is NC(=O)NN=Cc1ccc(C(F)F)cc1. The van der Waals surface area contributed by atoms with E-state index in [0.29, 0.717) is 5.56 Å². The summed E-state index contributed by atoms with van der Waals surface area (Å²) in [6.45, 7) is 0. The van der Waals surface area contributed by atoms with E-state index in [2.05, 4.69) is 5.10 Å². The lowest BCUT2D eigenvalue weighted by Gasteiger charge is -1.98. The van der Waals surface area contributed by atoms with Gasteiger partial charge in [0.2, 0.25) is 0 Å². The van der Waals surface area contributed by atoms with E-state index in [1.165, 1.54) is 30.5 Å². The fraction of sp³-hybridized carbons (Fsp3) is 0.111. The van der Waals surface area contributed by atoms with Crippen molar-refractivity contribution in [2.45, 2.75) is 6.43 Å². The molecule has 15 heavy (non-hydrogen) atoms. The Labute approximate surface area is 84.8 Å². The zero-order chi connectivity index (χ0) is 11.3. The number of hydrazone groups is 1. The van der Waals surface area contributed by atoms with Gasteiger partial charge in [-0.1, -0.05) is 24.3 Å². The third kappa shape index (κ3) is 3.72. The van der Waals surface area contributed by atoms with Crippen molar-refractivity contribution < 1.29 is 13.6 Å². The lowest BCUT2D eigenvalue weighted by atomic mass is 10.1. The van der Waals surface area contributed by atoms with Gasteiger partial charge in [0.05, 0.1) is 6.21 Å². The van der Waals surface area contributed by atoms with Crippen LogP contribution in [0.1, 0.15) is 17.6 Å². The Morgan fingerprint density at radius 1 is 1.40 bits per heavy atom. The number of hydrogen-bond acceptors (Lipinski definition) is 2. The van der Waals surface area contributed by atoms with Crippen molar-refractivity contribution in [2.75, 3.05) is 0 Å². The predicted octanol–water partition coefficient (Wildman–Crippen LogP) is 1.63. The van der Waals surface area contributed by atoms with E-state index in [9.17, 15) is 13.6 Å². The highest BCUT2D eigenvalue weighted by atomic mass is 19.3. The maximum Gasteiger partial charge on any atom is 0.332 e. The average Bonchev–Trinajstić information content (AvgIpc) is 2.18. The molecule has 0 aromatic heterocycles. The summed E-state index contributed by atoms with van der Waals surface area (Å²) in [5, 5.41) is 3.48. The van der Waals surface area contributed by atoms with Crippen LogP contribution in [0.25, 0.3) is 0 Å². The quantitative estimate of drug-likeness (QED) is 0.581. The van der Waals surface area contributed by atoms with Crippen LogP contribution >= 0.6 is 0 Å². The molecule has 1 aromatic carbocycles. The van der Waals surface area contributed by atoms with E-state index in [1.54, 1.807) is 0 Å². The maximum atomic E-state index is 12.1. The Morgan fingerprint density at radius 2 is 2.00 bits per heavy atom.